The van der Waals surface area contributed by atoms with Gasteiger partial charge in [-0.25, -0.2) is 4.79 Å². The fourth-order valence-electron chi connectivity index (χ4n) is 3.74. The third-order valence-electron chi connectivity index (χ3n) is 5.29. The topological polar surface area (TPSA) is 88.2 Å². The van der Waals surface area contributed by atoms with Gasteiger partial charge in [0.05, 0.1) is 0 Å². The predicted molar refractivity (Wildman–Crippen MR) is 71.7 cm³/mol. The summed E-state index contributed by atoms with van der Waals surface area (Å²) in [6.07, 6.45) is 3.87. The van der Waals surface area contributed by atoms with Crippen LogP contribution in [0.2, 0.25) is 0 Å². The molecule has 1 amide bonds. The molecule has 1 heterocycles. The molecule has 0 atom stereocenters. The molecular formula is C14H19F2N3O3. The van der Waals surface area contributed by atoms with Crippen molar-refractivity contribution >= 4 is 6.09 Å². The van der Waals surface area contributed by atoms with Gasteiger partial charge in [0.2, 0.25) is 0 Å². The SMILES string of the molecule is CC(F)(F)c1nc(C23CCC(CNC(=O)O)(CC2)CC3)no1. The van der Waals surface area contributed by atoms with E-state index in [2.05, 4.69) is 15.5 Å². The van der Waals surface area contributed by atoms with E-state index in [0.29, 0.717) is 12.4 Å². The first-order valence-corrected chi connectivity index (χ1v) is 7.44. The van der Waals surface area contributed by atoms with Crippen LogP contribution in [0, 0.1) is 5.41 Å². The van der Waals surface area contributed by atoms with Crippen LogP contribution in [0.25, 0.3) is 0 Å². The van der Waals surface area contributed by atoms with Crippen molar-refractivity contribution in [3.8, 4) is 0 Å². The molecule has 0 saturated heterocycles. The van der Waals surface area contributed by atoms with Gasteiger partial charge in [-0.05, 0) is 43.9 Å². The van der Waals surface area contributed by atoms with E-state index in [-0.39, 0.29) is 10.8 Å². The summed E-state index contributed by atoms with van der Waals surface area (Å²) in [5, 5.41) is 15.0. The highest BCUT2D eigenvalue weighted by molar-refractivity contribution is 5.64. The minimum atomic E-state index is -3.12. The van der Waals surface area contributed by atoms with Crippen LogP contribution >= 0.6 is 0 Å². The molecule has 0 unspecified atom stereocenters. The summed E-state index contributed by atoms with van der Waals surface area (Å²) in [7, 11) is 0. The molecule has 0 spiro atoms. The second kappa shape index (κ2) is 4.89. The van der Waals surface area contributed by atoms with Gasteiger partial charge in [-0.3, -0.25) is 0 Å². The predicted octanol–water partition coefficient (Wildman–Crippen LogP) is 3.04. The molecule has 6 nitrogen and oxygen atoms in total. The molecule has 8 heteroatoms. The molecule has 3 aliphatic rings. The van der Waals surface area contributed by atoms with Crippen LogP contribution in [0.5, 0.6) is 0 Å². The van der Waals surface area contributed by atoms with Crippen LogP contribution in [0.4, 0.5) is 13.6 Å². The van der Waals surface area contributed by atoms with Crippen LogP contribution in [0.15, 0.2) is 4.52 Å². The largest absolute Gasteiger partial charge is 0.465 e. The number of hydrogen-bond donors (Lipinski definition) is 2. The summed E-state index contributed by atoms with van der Waals surface area (Å²) in [6.45, 7) is 1.19. The Labute approximate surface area is 126 Å². The number of carbonyl (C=O) groups is 1. The Bertz CT molecular complexity index is 558. The molecule has 1 aromatic rings. The lowest BCUT2D eigenvalue weighted by molar-refractivity contribution is -0.0158. The Hall–Kier alpha value is -1.73. The molecule has 122 valence electrons. The highest BCUT2D eigenvalue weighted by atomic mass is 19.3. The molecule has 2 N–H and O–H groups in total. The minimum Gasteiger partial charge on any atom is -0.465 e. The molecule has 3 saturated carbocycles. The number of aromatic nitrogens is 2. The Kier molecular flexibility index (Phi) is 3.37. The molecule has 0 aromatic carbocycles. The van der Waals surface area contributed by atoms with Crippen molar-refractivity contribution < 1.29 is 23.2 Å². The molecule has 0 radical (unpaired) electrons. The Morgan fingerprint density at radius 2 is 1.91 bits per heavy atom. The number of hydrogen-bond acceptors (Lipinski definition) is 4. The number of halogens is 2. The van der Waals surface area contributed by atoms with Gasteiger partial charge in [0.25, 0.3) is 5.89 Å². The minimum absolute atomic E-state index is 0.0125. The summed E-state index contributed by atoms with van der Waals surface area (Å²) >= 11 is 0. The van der Waals surface area contributed by atoms with Crippen molar-refractivity contribution in [1.29, 1.82) is 0 Å². The van der Waals surface area contributed by atoms with Crippen molar-refractivity contribution in [2.45, 2.75) is 56.8 Å². The van der Waals surface area contributed by atoms with E-state index >= 15 is 0 Å². The second-order valence-corrected chi connectivity index (χ2v) is 6.75. The van der Waals surface area contributed by atoms with E-state index in [1.807, 2.05) is 0 Å². The molecule has 3 aliphatic carbocycles. The number of fused-ring (bicyclic) bond motifs is 3. The fourth-order valence-corrected chi connectivity index (χ4v) is 3.74. The summed E-state index contributed by atoms with van der Waals surface area (Å²) in [6, 6.07) is 0. The zero-order valence-electron chi connectivity index (χ0n) is 12.4. The molecule has 0 aliphatic heterocycles. The molecular weight excluding hydrogens is 296 g/mol. The lowest BCUT2D eigenvalue weighted by Crippen LogP contribution is -2.49. The molecule has 2 bridgehead atoms. The maximum absolute atomic E-state index is 13.3. The highest BCUT2D eigenvalue weighted by Gasteiger charge is 2.52. The smallest absolute Gasteiger partial charge is 0.404 e. The van der Waals surface area contributed by atoms with Crippen molar-refractivity contribution in [1.82, 2.24) is 15.5 Å². The lowest BCUT2D eigenvalue weighted by Gasteiger charge is -2.52. The first-order chi connectivity index (χ1) is 10.2. The number of rotatable bonds is 4. The average Bonchev–Trinajstić information content (AvgIpc) is 2.98. The zero-order chi connectivity index (χ0) is 16.0. The molecule has 4 rings (SSSR count). The Morgan fingerprint density at radius 1 is 1.32 bits per heavy atom. The normalized spacial score (nSPS) is 31.2. The first-order valence-electron chi connectivity index (χ1n) is 7.44. The van der Waals surface area contributed by atoms with E-state index in [1.54, 1.807) is 0 Å². The van der Waals surface area contributed by atoms with Gasteiger partial charge < -0.3 is 14.9 Å². The summed E-state index contributed by atoms with van der Waals surface area (Å²) in [5.41, 5.74) is -0.306. The van der Waals surface area contributed by atoms with E-state index in [0.717, 1.165) is 45.4 Å². The maximum atomic E-state index is 13.3. The van der Waals surface area contributed by atoms with E-state index in [4.69, 9.17) is 9.63 Å². The van der Waals surface area contributed by atoms with Crippen LogP contribution in [0.3, 0.4) is 0 Å². The molecule has 3 fully saturated rings. The average molecular weight is 315 g/mol. The second-order valence-electron chi connectivity index (χ2n) is 6.75. The fraction of sp³-hybridized carbons (Fsp3) is 0.786. The van der Waals surface area contributed by atoms with E-state index < -0.39 is 17.9 Å². The maximum Gasteiger partial charge on any atom is 0.404 e. The Balaban J connectivity index is 1.73. The van der Waals surface area contributed by atoms with Gasteiger partial charge in [0.15, 0.2) is 5.82 Å². The molecule has 1 aromatic heterocycles. The third-order valence-corrected chi connectivity index (χ3v) is 5.29. The van der Waals surface area contributed by atoms with Crippen molar-refractivity contribution in [3.05, 3.63) is 11.7 Å². The summed E-state index contributed by atoms with van der Waals surface area (Å²) < 4.78 is 31.2. The van der Waals surface area contributed by atoms with Crippen molar-refractivity contribution in [2.24, 2.45) is 5.41 Å². The number of nitrogens with one attached hydrogen (secondary N) is 1. The van der Waals surface area contributed by atoms with Gasteiger partial charge >= 0.3 is 12.0 Å². The lowest BCUT2D eigenvalue weighted by atomic mass is 9.53. The standard InChI is InChI=1S/C14H19F2N3O3/c1-12(15,16)10-18-9(19-22-10)14-5-2-13(3-6-14,4-7-14)8-17-11(20)21/h17H,2-8H2,1H3,(H,20,21). The molecule has 22 heavy (non-hydrogen) atoms. The van der Waals surface area contributed by atoms with Gasteiger partial charge in [-0.2, -0.15) is 13.8 Å². The van der Waals surface area contributed by atoms with Gasteiger partial charge in [-0.15, -0.1) is 0 Å². The van der Waals surface area contributed by atoms with Gasteiger partial charge in [0, 0.05) is 18.9 Å². The van der Waals surface area contributed by atoms with Crippen LogP contribution in [-0.4, -0.2) is 27.9 Å². The number of carboxylic acid groups (broad SMARTS) is 1. The third kappa shape index (κ3) is 2.55. The number of amides is 1. The van der Waals surface area contributed by atoms with Crippen LogP contribution in [0.1, 0.15) is 57.2 Å². The summed E-state index contributed by atoms with van der Waals surface area (Å²) in [5.74, 6) is -3.38. The highest BCUT2D eigenvalue weighted by Crippen LogP contribution is 2.57. The Morgan fingerprint density at radius 3 is 2.36 bits per heavy atom. The van der Waals surface area contributed by atoms with Gasteiger partial charge in [0.1, 0.15) is 0 Å². The number of alkyl halides is 2. The summed E-state index contributed by atoms with van der Waals surface area (Å²) in [4.78, 5) is 14.6. The monoisotopic (exact) mass is 315 g/mol. The van der Waals surface area contributed by atoms with E-state index in [1.165, 1.54) is 0 Å². The quantitative estimate of drug-likeness (QED) is 0.891. The van der Waals surface area contributed by atoms with Gasteiger partial charge in [-0.1, -0.05) is 5.16 Å². The van der Waals surface area contributed by atoms with Crippen molar-refractivity contribution in [3.63, 3.8) is 0 Å². The van der Waals surface area contributed by atoms with Crippen LogP contribution in [-0.2, 0) is 11.3 Å². The zero-order valence-corrected chi connectivity index (χ0v) is 12.4. The first kappa shape index (κ1) is 15.2. The van der Waals surface area contributed by atoms with Crippen LogP contribution < -0.4 is 5.32 Å². The van der Waals surface area contributed by atoms with E-state index in [9.17, 15) is 13.6 Å². The number of nitrogens with zero attached hydrogens (tertiary/aromatic N) is 2. The van der Waals surface area contributed by atoms with Crippen molar-refractivity contribution in [2.75, 3.05) is 6.54 Å².